The smallest absolute Gasteiger partial charge is 0.160 e. The fraction of sp³-hybridized carbons (Fsp3) is 0. The lowest BCUT2D eigenvalue weighted by atomic mass is 9.92. The third kappa shape index (κ3) is 5.07. The van der Waals surface area contributed by atoms with Crippen LogP contribution in [0.4, 0.5) is 0 Å². The third-order valence-electron chi connectivity index (χ3n) is 8.87. The molecule has 0 fully saturated rings. The fourth-order valence-electron chi connectivity index (χ4n) is 6.55. The predicted octanol–water partition coefficient (Wildman–Crippen LogP) is 12.3. The lowest BCUT2D eigenvalue weighted by molar-refractivity contribution is 1.18. The van der Waals surface area contributed by atoms with Crippen LogP contribution in [0.5, 0.6) is 0 Å². The van der Waals surface area contributed by atoms with Gasteiger partial charge in [-0.1, -0.05) is 133 Å². The van der Waals surface area contributed by atoms with Crippen LogP contribution in [0.1, 0.15) is 0 Å². The highest BCUT2D eigenvalue weighted by Gasteiger charge is 2.15. The van der Waals surface area contributed by atoms with Gasteiger partial charge in [-0.2, -0.15) is 0 Å². The van der Waals surface area contributed by atoms with Crippen LogP contribution < -0.4 is 0 Å². The summed E-state index contributed by atoms with van der Waals surface area (Å²) in [7, 11) is 0. The van der Waals surface area contributed by atoms with E-state index in [4.69, 9.17) is 9.97 Å². The topological polar surface area (TPSA) is 25.8 Å². The minimum absolute atomic E-state index is 0.714. The molecule has 47 heavy (non-hydrogen) atoms. The average Bonchev–Trinajstić information content (AvgIpc) is 3.53. The quantitative estimate of drug-likeness (QED) is 0.192. The van der Waals surface area contributed by atoms with Crippen molar-refractivity contribution < 1.29 is 0 Å². The van der Waals surface area contributed by atoms with E-state index >= 15 is 0 Å². The van der Waals surface area contributed by atoms with Crippen LogP contribution in [-0.2, 0) is 0 Å². The summed E-state index contributed by atoms with van der Waals surface area (Å²) in [6, 6.07) is 60.4. The number of aromatic nitrogens is 2. The summed E-state index contributed by atoms with van der Waals surface area (Å²) < 4.78 is 2.60. The Morgan fingerprint density at radius 1 is 0.340 bits per heavy atom. The van der Waals surface area contributed by atoms with Gasteiger partial charge in [0, 0.05) is 36.9 Å². The molecule has 2 aromatic heterocycles. The van der Waals surface area contributed by atoms with E-state index in [1.54, 1.807) is 0 Å². The molecule has 0 aliphatic carbocycles. The van der Waals surface area contributed by atoms with Crippen molar-refractivity contribution in [3.05, 3.63) is 170 Å². The minimum atomic E-state index is 0.714. The molecule has 0 aliphatic rings. The maximum absolute atomic E-state index is 5.20. The van der Waals surface area contributed by atoms with Crippen LogP contribution in [0.15, 0.2) is 170 Å². The second-order valence-electron chi connectivity index (χ2n) is 11.8. The molecule has 9 aromatic rings. The van der Waals surface area contributed by atoms with Crippen molar-refractivity contribution in [2.75, 3.05) is 0 Å². The molecule has 0 radical (unpaired) electrons. The van der Waals surface area contributed by atoms with Crippen LogP contribution in [0.25, 0.3) is 87.1 Å². The number of nitrogens with zero attached hydrogens (tertiary/aromatic N) is 2. The molecule has 9 rings (SSSR count). The standard InChI is InChI=1S/C44H28N2S/c1-3-13-30(14-4-1)40-28-41(46-44(45-40)31-15-5-2-6-16-31)35-25-33(24-34(26-35)37-20-11-17-29-12-7-8-18-36(29)37)32-22-23-39-38-19-9-10-21-42(38)47-43(39)27-32/h1-28H. The second kappa shape index (κ2) is 11.5. The molecule has 0 saturated carbocycles. The fourth-order valence-corrected chi connectivity index (χ4v) is 7.69. The first-order valence-corrected chi connectivity index (χ1v) is 16.6. The number of rotatable bonds is 5. The van der Waals surface area contributed by atoms with Gasteiger partial charge in [0.25, 0.3) is 0 Å². The highest BCUT2D eigenvalue weighted by atomic mass is 32.1. The van der Waals surface area contributed by atoms with Gasteiger partial charge in [0.2, 0.25) is 0 Å². The molecule has 0 saturated heterocycles. The van der Waals surface area contributed by atoms with Gasteiger partial charge < -0.3 is 0 Å². The Labute approximate surface area is 277 Å². The van der Waals surface area contributed by atoms with Crippen LogP contribution in [-0.4, -0.2) is 9.97 Å². The van der Waals surface area contributed by atoms with Gasteiger partial charge in [-0.05, 0) is 69.4 Å². The Kier molecular flexibility index (Phi) is 6.69. The maximum Gasteiger partial charge on any atom is 0.160 e. The molecule has 0 atom stereocenters. The van der Waals surface area contributed by atoms with E-state index in [0.717, 1.165) is 39.2 Å². The van der Waals surface area contributed by atoms with E-state index in [-0.39, 0.29) is 0 Å². The lowest BCUT2D eigenvalue weighted by Crippen LogP contribution is -1.96. The Morgan fingerprint density at radius 3 is 1.79 bits per heavy atom. The molecule has 0 amide bonds. The van der Waals surface area contributed by atoms with Gasteiger partial charge in [0.1, 0.15) is 0 Å². The molecule has 2 heterocycles. The summed E-state index contributed by atoms with van der Waals surface area (Å²) in [5, 5.41) is 5.07. The molecular formula is C44H28N2S. The summed E-state index contributed by atoms with van der Waals surface area (Å²) in [5.74, 6) is 0.714. The number of hydrogen-bond acceptors (Lipinski definition) is 3. The van der Waals surface area contributed by atoms with E-state index < -0.39 is 0 Å². The SMILES string of the molecule is c1ccc(-c2cc(-c3cc(-c4ccc5c(c4)sc4ccccc45)cc(-c4cccc5ccccc45)c3)nc(-c3ccccc3)n2)cc1. The third-order valence-corrected chi connectivity index (χ3v) is 10.0. The van der Waals surface area contributed by atoms with Crippen LogP contribution >= 0.6 is 11.3 Å². The number of thiophene rings is 1. The van der Waals surface area contributed by atoms with Crippen LogP contribution in [0.3, 0.4) is 0 Å². The van der Waals surface area contributed by atoms with Gasteiger partial charge in [-0.3, -0.25) is 0 Å². The zero-order valence-electron chi connectivity index (χ0n) is 25.5. The van der Waals surface area contributed by atoms with Gasteiger partial charge in [-0.15, -0.1) is 11.3 Å². The summed E-state index contributed by atoms with van der Waals surface area (Å²) >= 11 is 1.85. The van der Waals surface area contributed by atoms with E-state index in [0.29, 0.717) is 5.82 Å². The molecule has 0 aliphatic heterocycles. The summed E-state index contributed by atoms with van der Waals surface area (Å²) in [6.45, 7) is 0. The first kappa shape index (κ1) is 27.4. The normalized spacial score (nSPS) is 11.4. The monoisotopic (exact) mass is 616 g/mol. The molecule has 0 bridgehead atoms. The van der Waals surface area contributed by atoms with Crippen LogP contribution in [0.2, 0.25) is 0 Å². The molecule has 3 heteroatoms. The Morgan fingerprint density at radius 2 is 0.957 bits per heavy atom. The Hall–Kier alpha value is -5.90. The molecule has 2 nitrogen and oxygen atoms in total. The largest absolute Gasteiger partial charge is 0.228 e. The zero-order valence-corrected chi connectivity index (χ0v) is 26.3. The molecule has 0 spiro atoms. The van der Waals surface area contributed by atoms with E-state index in [1.165, 1.54) is 42.1 Å². The lowest BCUT2D eigenvalue weighted by Gasteiger charge is -2.14. The molecule has 220 valence electrons. The van der Waals surface area contributed by atoms with Crippen LogP contribution in [0, 0.1) is 0 Å². The maximum atomic E-state index is 5.20. The van der Waals surface area contributed by atoms with E-state index in [2.05, 4.69) is 146 Å². The predicted molar refractivity (Wildman–Crippen MR) is 200 cm³/mol. The van der Waals surface area contributed by atoms with E-state index in [9.17, 15) is 0 Å². The van der Waals surface area contributed by atoms with Crippen molar-refractivity contribution in [2.45, 2.75) is 0 Å². The summed E-state index contributed by atoms with van der Waals surface area (Å²) in [6.07, 6.45) is 0. The Bertz CT molecular complexity index is 2500. The summed E-state index contributed by atoms with van der Waals surface area (Å²) in [4.78, 5) is 10.2. The molecule has 0 unspecified atom stereocenters. The second-order valence-corrected chi connectivity index (χ2v) is 12.9. The van der Waals surface area contributed by atoms with Crippen molar-refractivity contribution in [2.24, 2.45) is 0 Å². The first-order chi connectivity index (χ1) is 23.3. The highest BCUT2D eigenvalue weighted by Crippen LogP contribution is 2.40. The number of fused-ring (bicyclic) bond motifs is 4. The van der Waals surface area contributed by atoms with E-state index in [1.807, 2.05) is 35.6 Å². The van der Waals surface area contributed by atoms with Gasteiger partial charge in [-0.25, -0.2) is 9.97 Å². The van der Waals surface area contributed by atoms with Crippen molar-refractivity contribution in [3.63, 3.8) is 0 Å². The van der Waals surface area contributed by atoms with Crippen molar-refractivity contribution >= 4 is 42.3 Å². The zero-order chi connectivity index (χ0) is 31.2. The average molecular weight is 617 g/mol. The van der Waals surface area contributed by atoms with Gasteiger partial charge >= 0.3 is 0 Å². The first-order valence-electron chi connectivity index (χ1n) is 15.8. The van der Waals surface area contributed by atoms with Crippen molar-refractivity contribution in [1.29, 1.82) is 0 Å². The van der Waals surface area contributed by atoms with Gasteiger partial charge in [0.15, 0.2) is 5.82 Å². The highest BCUT2D eigenvalue weighted by molar-refractivity contribution is 7.25. The van der Waals surface area contributed by atoms with Crippen molar-refractivity contribution in [3.8, 4) is 56.2 Å². The molecular weight excluding hydrogens is 589 g/mol. The molecule has 0 N–H and O–H groups in total. The summed E-state index contributed by atoms with van der Waals surface area (Å²) in [5.41, 5.74) is 9.61. The number of benzene rings is 7. The number of hydrogen-bond donors (Lipinski definition) is 0. The van der Waals surface area contributed by atoms with Gasteiger partial charge in [0.05, 0.1) is 11.4 Å². The van der Waals surface area contributed by atoms with Crippen molar-refractivity contribution in [1.82, 2.24) is 9.97 Å². The minimum Gasteiger partial charge on any atom is -0.228 e. The molecule has 7 aromatic carbocycles. The Balaban J connectivity index is 1.29.